The van der Waals surface area contributed by atoms with Crippen molar-refractivity contribution < 1.29 is 39.5 Å². The fourth-order valence-corrected chi connectivity index (χ4v) is 4.72. The van der Waals surface area contributed by atoms with Crippen LogP contribution < -0.4 is 34.7 Å². The smallest absolute Gasteiger partial charge is 0.550 e. The molecule has 0 radical (unpaired) electrons. The van der Waals surface area contributed by atoms with Gasteiger partial charge in [0.05, 0.1) is 0 Å². The van der Waals surface area contributed by atoms with Gasteiger partial charge in [0.2, 0.25) is 0 Å². The normalized spacial score (nSPS) is 12.2. The van der Waals surface area contributed by atoms with Crippen molar-refractivity contribution in [3.05, 3.63) is 12.2 Å². The average molecular weight is 487 g/mol. The van der Waals surface area contributed by atoms with Crippen LogP contribution in [0.1, 0.15) is 174 Å². The van der Waals surface area contributed by atoms with E-state index in [-0.39, 0.29) is 35.5 Å². The molecular weight excluding hydrogens is 427 g/mol. The Labute approximate surface area is 236 Å². The summed E-state index contributed by atoms with van der Waals surface area (Å²) >= 11 is 0. The van der Waals surface area contributed by atoms with E-state index < -0.39 is 5.97 Å². The summed E-state index contributed by atoms with van der Waals surface area (Å²) in [6, 6.07) is 0. The van der Waals surface area contributed by atoms with E-state index >= 15 is 0 Å². The van der Waals surface area contributed by atoms with Crippen LogP contribution in [0.15, 0.2) is 12.2 Å². The average Bonchev–Trinajstić information content (AvgIpc) is 2.81. The third-order valence-electron chi connectivity index (χ3n) is 7.05. The van der Waals surface area contributed by atoms with Crippen molar-refractivity contribution in [3.63, 3.8) is 0 Å². The number of aliphatic carboxylic acids is 1. The van der Waals surface area contributed by atoms with E-state index in [1.807, 2.05) is 0 Å². The molecule has 0 aliphatic carbocycles. The Morgan fingerprint density at radius 3 is 1.15 bits per heavy atom. The van der Waals surface area contributed by atoms with Crippen LogP contribution in [0, 0.1) is 5.92 Å². The van der Waals surface area contributed by atoms with Gasteiger partial charge in [-0.25, -0.2) is 0 Å². The fraction of sp³-hybridized carbons (Fsp3) is 0.903. The molecule has 0 aliphatic heterocycles. The summed E-state index contributed by atoms with van der Waals surface area (Å²) in [5.74, 6) is -1.03. The van der Waals surface area contributed by atoms with Gasteiger partial charge >= 0.3 is 29.6 Å². The minimum atomic E-state index is -0.817. The predicted octanol–water partition coefficient (Wildman–Crippen LogP) is 6.71. The maximum absolute atomic E-state index is 11.4. The van der Waals surface area contributed by atoms with Gasteiger partial charge in [0.15, 0.2) is 0 Å². The zero-order chi connectivity index (χ0) is 24.2. The Morgan fingerprint density at radius 1 is 0.529 bits per heavy atom. The summed E-state index contributed by atoms with van der Waals surface area (Å²) in [7, 11) is 0. The Balaban J connectivity index is 0. The Bertz CT molecular complexity index is 422. The van der Waals surface area contributed by atoms with Crippen LogP contribution in [0.4, 0.5) is 0 Å². The summed E-state index contributed by atoms with van der Waals surface area (Å²) in [5.41, 5.74) is 0. The van der Waals surface area contributed by atoms with Crippen molar-refractivity contribution >= 4 is 5.97 Å². The molecule has 0 aromatic rings. The van der Waals surface area contributed by atoms with E-state index in [9.17, 15) is 9.90 Å². The Hall–Kier alpha value is 0.210. The van der Waals surface area contributed by atoms with Crippen LogP contribution >= 0.6 is 0 Å². The van der Waals surface area contributed by atoms with Crippen LogP contribution in [0.2, 0.25) is 0 Å². The standard InChI is InChI=1S/C31H60O2.Na/c1-3-5-7-9-11-13-14-15-16-17-18-19-21-23-25-27-29-30(31(32)33)28-26-24-22-20-12-10-8-6-4-2;/h15-16,30H,3-14,17-29H2,1-2H3,(H,32,33);/q;+1/p-1/b16-15-;. The van der Waals surface area contributed by atoms with Crippen LogP contribution in [0.25, 0.3) is 0 Å². The molecule has 0 aromatic heterocycles. The van der Waals surface area contributed by atoms with Crippen molar-refractivity contribution in [2.45, 2.75) is 174 Å². The predicted molar refractivity (Wildman–Crippen MR) is 144 cm³/mol. The molecule has 0 aliphatic rings. The van der Waals surface area contributed by atoms with Gasteiger partial charge < -0.3 is 9.90 Å². The van der Waals surface area contributed by atoms with Gasteiger partial charge in [-0.2, -0.15) is 0 Å². The second kappa shape index (κ2) is 31.2. The zero-order valence-electron chi connectivity index (χ0n) is 23.7. The summed E-state index contributed by atoms with van der Waals surface area (Å²) in [5, 5.41) is 11.4. The summed E-state index contributed by atoms with van der Waals surface area (Å²) in [6.07, 6.45) is 36.1. The van der Waals surface area contributed by atoms with Crippen LogP contribution in [-0.2, 0) is 4.79 Å². The molecule has 0 N–H and O–H groups in total. The van der Waals surface area contributed by atoms with Gasteiger partial charge in [-0.3, -0.25) is 0 Å². The number of carbonyl (C=O) groups is 1. The molecule has 0 fully saturated rings. The van der Waals surface area contributed by atoms with Crippen LogP contribution in [-0.4, -0.2) is 5.97 Å². The van der Waals surface area contributed by atoms with E-state index in [0.29, 0.717) is 0 Å². The van der Waals surface area contributed by atoms with Gasteiger partial charge in [-0.1, -0.05) is 148 Å². The van der Waals surface area contributed by atoms with Gasteiger partial charge in [-0.15, -0.1) is 0 Å². The number of hydrogen-bond donors (Lipinski definition) is 0. The molecule has 2 nitrogen and oxygen atoms in total. The number of allylic oxidation sites excluding steroid dienone is 2. The molecule has 0 heterocycles. The summed E-state index contributed by atoms with van der Waals surface area (Å²) < 4.78 is 0. The second-order valence-electron chi connectivity index (χ2n) is 10.4. The molecule has 0 saturated carbocycles. The molecule has 0 aromatic carbocycles. The summed E-state index contributed by atoms with van der Waals surface area (Å²) in [4.78, 5) is 11.4. The first-order valence-electron chi connectivity index (χ1n) is 15.1. The molecule has 0 rings (SSSR count). The van der Waals surface area contributed by atoms with Gasteiger partial charge in [0, 0.05) is 5.97 Å². The minimum Gasteiger partial charge on any atom is -0.550 e. The minimum absolute atomic E-state index is 0. The van der Waals surface area contributed by atoms with E-state index in [4.69, 9.17) is 0 Å². The monoisotopic (exact) mass is 486 g/mol. The van der Waals surface area contributed by atoms with Gasteiger partial charge in [0.1, 0.15) is 0 Å². The Morgan fingerprint density at radius 2 is 0.824 bits per heavy atom. The first-order valence-corrected chi connectivity index (χ1v) is 15.1. The molecule has 0 amide bonds. The summed E-state index contributed by atoms with van der Waals surface area (Å²) in [6.45, 7) is 4.53. The van der Waals surface area contributed by atoms with Crippen LogP contribution in [0.5, 0.6) is 0 Å². The van der Waals surface area contributed by atoms with E-state index in [0.717, 1.165) is 25.7 Å². The fourth-order valence-electron chi connectivity index (χ4n) is 4.72. The third-order valence-corrected chi connectivity index (χ3v) is 7.05. The first kappa shape index (κ1) is 36.4. The molecule has 0 saturated heterocycles. The van der Waals surface area contributed by atoms with Crippen molar-refractivity contribution in [2.24, 2.45) is 5.92 Å². The van der Waals surface area contributed by atoms with Crippen molar-refractivity contribution in [1.29, 1.82) is 0 Å². The van der Waals surface area contributed by atoms with E-state index in [1.165, 1.54) is 135 Å². The van der Waals surface area contributed by atoms with Crippen LogP contribution in [0.3, 0.4) is 0 Å². The molecule has 196 valence electrons. The number of carbonyl (C=O) groups excluding carboxylic acids is 1. The quantitative estimate of drug-likeness (QED) is 0.0736. The largest absolute Gasteiger partial charge is 1.00 e. The molecule has 34 heavy (non-hydrogen) atoms. The maximum atomic E-state index is 11.4. The maximum Gasteiger partial charge on any atom is 1.00 e. The molecule has 0 spiro atoms. The van der Waals surface area contributed by atoms with E-state index in [1.54, 1.807) is 0 Å². The molecule has 1 unspecified atom stereocenters. The molecular formula is C31H59NaO2. The van der Waals surface area contributed by atoms with Gasteiger partial charge in [-0.05, 0) is 44.4 Å². The number of hydrogen-bond acceptors (Lipinski definition) is 2. The van der Waals surface area contributed by atoms with Crippen molar-refractivity contribution in [3.8, 4) is 0 Å². The molecule has 3 heteroatoms. The topological polar surface area (TPSA) is 40.1 Å². The SMILES string of the molecule is CCCCCCCC/C=C\CCCCCCCCC(CCCCCCCCCCC)C(=O)[O-].[Na+]. The Kier molecular flexibility index (Phi) is 33.4. The zero-order valence-corrected chi connectivity index (χ0v) is 25.7. The van der Waals surface area contributed by atoms with Crippen molar-refractivity contribution in [2.75, 3.05) is 0 Å². The number of carboxylic acids is 1. The number of unbranched alkanes of at least 4 members (excludes halogenated alkanes) is 20. The van der Waals surface area contributed by atoms with Gasteiger partial charge in [0.25, 0.3) is 0 Å². The molecule has 1 atom stereocenters. The van der Waals surface area contributed by atoms with Crippen molar-refractivity contribution in [1.82, 2.24) is 0 Å². The number of rotatable bonds is 27. The third kappa shape index (κ3) is 28.4. The number of carboxylic acid groups (broad SMARTS) is 1. The molecule has 0 bridgehead atoms. The second-order valence-corrected chi connectivity index (χ2v) is 10.4. The first-order chi connectivity index (χ1) is 16.2. The van der Waals surface area contributed by atoms with E-state index in [2.05, 4.69) is 26.0 Å².